The van der Waals surface area contributed by atoms with E-state index in [0.29, 0.717) is 6.54 Å². The minimum absolute atomic E-state index is 0.0620. The number of amides is 2. The standard InChI is InChI=1S/C27H23NO2/c29-26-24-22(20-12-6-2-7-13-20)16-17-23(21-14-8-3-9-15-21)25(24)27(30)28(26)18-19-10-4-1-5-11-19/h1-17,22-25H,18H2/t22-,23-,24-,25+/m0/s1. The van der Waals surface area contributed by atoms with E-state index >= 15 is 0 Å². The molecule has 3 aromatic rings. The molecule has 4 atom stereocenters. The maximum atomic E-state index is 13.6. The maximum Gasteiger partial charge on any atom is 0.234 e. The highest BCUT2D eigenvalue weighted by Gasteiger charge is 2.54. The van der Waals surface area contributed by atoms with Gasteiger partial charge in [0.2, 0.25) is 11.8 Å². The lowest BCUT2D eigenvalue weighted by Gasteiger charge is -2.32. The number of allylic oxidation sites excluding steroid dienone is 2. The predicted octanol–water partition coefficient (Wildman–Crippen LogP) is 4.93. The highest BCUT2D eigenvalue weighted by atomic mass is 16.2. The van der Waals surface area contributed by atoms with Crippen molar-refractivity contribution in [1.29, 1.82) is 0 Å². The maximum absolute atomic E-state index is 13.6. The topological polar surface area (TPSA) is 37.4 Å². The van der Waals surface area contributed by atoms with E-state index in [4.69, 9.17) is 0 Å². The van der Waals surface area contributed by atoms with Crippen molar-refractivity contribution in [2.24, 2.45) is 11.8 Å². The number of imide groups is 1. The molecule has 0 radical (unpaired) electrons. The lowest BCUT2D eigenvalue weighted by Crippen LogP contribution is -2.31. The molecule has 1 aliphatic heterocycles. The summed E-state index contributed by atoms with van der Waals surface area (Å²) in [4.78, 5) is 28.6. The molecule has 0 spiro atoms. The van der Waals surface area contributed by atoms with Gasteiger partial charge in [-0.3, -0.25) is 14.5 Å². The Kier molecular flexibility index (Phi) is 4.80. The van der Waals surface area contributed by atoms with Crippen molar-refractivity contribution in [2.45, 2.75) is 18.4 Å². The van der Waals surface area contributed by atoms with Crippen LogP contribution in [0.15, 0.2) is 103 Å². The fraction of sp³-hybridized carbons (Fsp3) is 0.185. The van der Waals surface area contributed by atoms with Crippen molar-refractivity contribution < 1.29 is 9.59 Å². The second-order valence-electron chi connectivity index (χ2n) is 8.06. The Morgan fingerprint density at radius 3 is 1.40 bits per heavy atom. The summed E-state index contributed by atoms with van der Waals surface area (Å²) in [5, 5.41) is 0. The van der Waals surface area contributed by atoms with Crippen LogP contribution in [0.3, 0.4) is 0 Å². The SMILES string of the molecule is O=C1[C@@H]2[C@H](C(=O)N1Cc1ccccc1)[C@H](c1ccccc1)C=C[C@H]2c1ccccc1. The van der Waals surface area contributed by atoms with Crippen LogP contribution in [0.1, 0.15) is 28.5 Å². The third kappa shape index (κ3) is 3.17. The van der Waals surface area contributed by atoms with Gasteiger partial charge >= 0.3 is 0 Å². The molecule has 1 aliphatic carbocycles. The average molecular weight is 393 g/mol. The molecule has 1 fully saturated rings. The molecule has 30 heavy (non-hydrogen) atoms. The Morgan fingerprint density at radius 1 is 0.567 bits per heavy atom. The van der Waals surface area contributed by atoms with Gasteiger partial charge in [-0.2, -0.15) is 0 Å². The number of carbonyl (C=O) groups is 2. The number of rotatable bonds is 4. The molecule has 2 amide bonds. The Hall–Kier alpha value is -3.46. The van der Waals surface area contributed by atoms with Gasteiger partial charge in [-0.05, 0) is 16.7 Å². The molecule has 0 aromatic heterocycles. The number of likely N-dealkylation sites (tertiary alicyclic amines) is 1. The van der Waals surface area contributed by atoms with Crippen molar-refractivity contribution in [2.75, 3.05) is 0 Å². The first-order valence-corrected chi connectivity index (χ1v) is 10.4. The van der Waals surface area contributed by atoms with Crippen LogP contribution in [0.25, 0.3) is 0 Å². The molecular formula is C27H23NO2. The third-order valence-corrected chi connectivity index (χ3v) is 6.34. The Bertz CT molecular complexity index is 1010. The summed E-state index contributed by atoms with van der Waals surface area (Å²) >= 11 is 0. The van der Waals surface area contributed by atoms with Gasteiger partial charge in [0.15, 0.2) is 0 Å². The molecule has 0 saturated carbocycles. The zero-order chi connectivity index (χ0) is 20.5. The molecule has 1 saturated heterocycles. The number of carbonyl (C=O) groups excluding carboxylic acids is 2. The predicted molar refractivity (Wildman–Crippen MR) is 116 cm³/mol. The normalized spacial score (nSPS) is 25.4. The molecule has 2 aliphatic rings. The summed E-state index contributed by atoms with van der Waals surface area (Å²) in [6.45, 7) is 0.328. The van der Waals surface area contributed by atoms with Gasteiger partial charge in [-0.1, -0.05) is 103 Å². The molecule has 1 heterocycles. The van der Waals surface area contributed by atoms with Crippen LogP contribution >= 0.6 is 0 Å². The highest BCUT2D eigenvalue weighted by Crippen LogP contribution is 2.49. The van der Waals surface area contributed by atoms with Crippen molar-refractivity contribution in [3.8, 4) is 0 Å². The fourth-order valence-corrected chi connectivity index (χ4v) is 4.92. The average Bonchev–Trinajstić information content (AvgIpc) is 3.06. The van der Waals surface area contributed by atoms with Gasteiger partial charge in [0.1, 0.15) is 0 Å². The Morgan fingerprint density at radius 2 is 0.967 bits per heavy atom. The summed E-state index contributed by atoms with van der Waals surface area (Å²) in [5.41, 5.74) is 3.13. The Labute approximate surface area is 176 Å². The fourth-order valence-electron chi connectivity index (χ4n) is 4.92. The number of benzene rings is 3. The molecule has 148 valence electrons. The highest BCUT2D eigenvalue weighted by molar-refractivity contribution is 6.06. The molecule has 3 heteroatoms. The number of hydrogen-bond acceptors (Lipinski definition) is 2. The van der Waals surface area contributed by atoms with E-state index in [2.05, 4.69) is 12.2 Å². The second-order valence-corrected chi connectivity index (χ2v) is 8.06. The van der Waals surface area contributed by atoms with Gasteiger partial charge < -0.3 is 0 Å². The van der Waals surface area contributed by atoms with E-state index in [-0.39, 0.29) is 35.5 Å². The van der Waals surface area contributed by atoms with Crippen LogP contribution in [-0.2, 0) is 16.1 Å². The van der Waals surface area contributed by atoms with Crippen LogP contribution in [0.2, 0.25) is 0 Å². The number of hydrogen-bond donors (Lipinski definition) is 0. The van der Waals surface area contributed by atoms with E-state index in [9.17, 15) is 9.59 Å². The van der Waals surface area contributed by atoms with Crippen LogP contribution in [0.4, 0.5) is 0 Å². The third-order valence-electron chi connectivity index (χ3n) is 6.34. The van der Waals surface area contributed by atoms with Crippen molar-refractivity contribution >= 4 is 11.8 Å². The molecule has 0 bridgehead atoms. The Balaban J connectivity index is 1.57. The van der Waals surface area contributed by atoms with Gasteiger partial charge in [0.05, 0.1) is 18.4 Å². The van der Waals surface area contributed by atoms with Crippen molar-refractivity contribution in [1.82, 2.24) is 4.90 Å². The first kappa shape index (κ1) is 18.6. The minimum atomic E-state index is -0.376. The van der Waals surface area contributed by atoms with Crippen molar-refractivity contribution in [3.63, 3.8) is 0 Å². The van der Waals surface area contributed by atoms with E-state index in [1.807, 2.05) is 91.0 Å². The molecular weight excluding hydrogens is 370 g/mol. The van der Waals surface area contributed by atoms with Gasteiger partial charge in [0.25, 0.3) is 0 Å². The summed E-state index contributed by atoms with van der Waals surface area (Å²) < 4.78 is 0. The number of nitrogens with zero attached hydrogens (tertiary/aromatic N) is 1. The molecule has 5 rings (SSSR count). The monoisotopic (exact) mass is 393 g/mol. The molecule has 0 N–H and O–H groups in total. The van der Waals surface area contributed by atoms with Gasteiger partial charge in [0, 0.05) is 11.8 Å². The van der Waals surface area contributed by atoms with E-state index < -0.39 is 0 Å². The molecule has 0 unspecified atom stereocenters. The summed E-state index contributed by atoms with van der Waals surface area (Å²) in [5.74, 6) is -1.06. The van der Waals surface area contributed by atoms with Gasteiger partial charge in [-0.25, -0.2) is 0 Å². The molecule has 3 nitrogen and oxygen atoms in total. The number of fused-ring (bicyclic) bond motifs is 1. The van der Waals surface area contributed by atoms with Crippen LogP contribution < -0.4 is 0 Å². The van der Waals surface area contributed by atoms with Crippen molar-refractivity contribution in [3.05, 3.63) is 120 Å². The minimum Gasteiger partial charge on any atom is -0.278 e. The summed E-state index contributed by atoms with van der Waals surface area (Å²) in [7, 11) is 0. The van der Waals surface area contributed by atoms with Crippen LogP contribution in [0, 0.1) is 11.8 Å². The van der Waals surface area contributed by atoms with E-state index in [1.165, 1.54) is 4.90 Å². The zero-order valence-electron chi connectivity index (χ0n) is 16.6. The van der Waals surface area contributed by atoms with Gasteiger partial charge in [-0.15, -0.1) is 0 Å². The zero-order valence-corrected chi connectivity index (χ0v) is 16.6. The lowest BCUT2D eigenvalue weighted by atomic mass is 9.68. The second kappa shape index (κ2) is 7.75. The first-order valence-electron chi connectivity index (χ1n) is 10.4. The smallest absolute Gasteiger partial charge is 0.234 e. The van der Waals surface area contributed by atoms with E-state index in [1.54, 1.807) is 0 Å². The summed E-state index contributed by atoms with van der Waals surface area (Å²) in [6.07, 6.45) is 4.26. The largest absolute Gasteiger partial charge is 0.278 e. The summed E-state index contributed by atoms with van der Waals surface area (Å²) in [6, 6.07) is 29.9. The van der Waals surface area contributed by atoms with Crippen LogP contribution in [0.5, 0.6) is 0 Å². The lowest BCUT2D eigenvalue weighted by molar-refractivity contribution is -0.140. The first-order chi connectivity index (χ1) is 14.7. The molecule has 3 aromatic carbocycles. The van der Waals surface area contributed by atoms with E-state index in [0.717, 1.165) is 16.7 Å². The van der Waals surface area contributed by atoms with Crippen LogP contribution in [-0.4, -0.2) is 16.7 Å². The quantitative estimate of drug-likeness (QED) is 0.466.